The first-order chi connectivity index (χ1) is 10.9. The molecule has 2 N–H and O–H groups in total. The van der Waals surface area contributed by atoms with Crippen LogP contribution in [0.25, 0.3) is 0 Å². The quantitative estimate of drug-likeness (QED) is 0.777. The van der Waals surface area contributed by atoms with E-state index in [0.29, 0.717) is 23.5 Å². The fraction of sp³-hybridized carbons (Fsp3) is 0.611. The highest BCUT2D eigenvalue weighted by Gasteiger charge is 2.40. The third-order valence-electron chi connectivity index (χ3n) is 4.55. The summed E-state index contributed by atoms with van der Waals surface area (Å²) < 4.78 is 38.4. The average molecular weight is 359 g/mol. The third-order valence-corrected chi connectivity index (χ3v) is 4.93. The molecule has 0 saturated heterocycles. The lowest BCUT2D eigenvalue weighted by molar-refractivity contribution is -0.137. The summed E-state index contributed by atoms with van der Waals surface area (Å²) >= 11 is 5.27. The molecule has 0 radical (unpaired) electrons. The Balaban J connectivity index is 2.05. The van der Waals surface area contributed by atoms with Crippen molar-refractivity contribution in [3.05, 3.63) is 35.4 Å². The van der Waals surface area contributed by atoms with Gasteiger partial charge in [-0.1, -0.05) is 45.1 Å². The maximum absolute atomic E-state index is 12.8. The SMILES string of the molecule is CC1(C)C[C@@H](O)C[C@](C)(CNC(=S)c2cccc(C(F)(F)F)c2)C1. The molecule has 1 aromatic carbocycles. The van der Waals surface area contributed by atoms with Crippen LogP contribution in [0.15, 0.2) is 24.3 Å². The standard InChI is InChI=1S/C18H24F3NOS/c1-16(2)8-14(23)9-17(3,10-16)11-22-15(24)12-5-4-6-13(7-12)18(19,20)21/h4-7,14,23H,8-11H2,1-3H3,(H,22,24)/t14-,17+/m1/s1. The van der Waals surface area contributed by atoms with Gasteiger partial charge in [0.15, 0.2) is 0 Å². The number of nitrogens with one attached hydrogen (secondary N) is 1. The molecule has 0 aromatic heterocycles. The molecular formula is C18H24F3NOS. The Hall–Kier alpha value is -1.14. The summed E-state index contributed by atoms with van der Waals surface area (Å²) in [5.74, 6) is 0. The lowest BCUT2D eigenvalue weighted by atomic mass is 9.63. The van der Waals surface area contributed by atoms with Crippen molar-refractivity contribution >= 4 is 17.2 Å². The first-order valence-electron chi connectivity index (χ1n) is 8.04. The number of rotatable bonds is 3. The zero-order valence-corrected chi connectivity index (χ0v) is 15.0. The van der Waals surface area contributed by atoms with Gasteiger partial charge < -0.3 is 10.4 Å². The number of hydrogen-bond donors (Lipinski definition) is 2. The van der Waals surface area contributed by atoms with Gasteiger partial charge in [-0.25, -0.2) is 0 Å². The summed E-state index contributed by atoms with van der Waals surface area (Å²) in [6.45, 7) is 6.86. The van der Waals surface area contributed by atoms with Gasteiger partial charge in [-0.2, -0.15) is 13.2 Å². The summed E-state index contributed by atoms with van der Waals surface area (Å²) in [5, 5.41) is 13.2. The molecule has 1 fully saturated rings. The van der Waals surface area contributed by atoms with Crippen LogP contribution in [-0.4, -0.2) is 22.7 Å². The zero-order chi connectivity index (χ0) is 18.2. The van der Waals surface area contributed by atoms with Gasteiger partial charge in [-0.3, -0.25) is 0 Å². The molecular weight excluding hydrogens is 335 g/mol. The summed E-state index contributed by atoms with van der Waals surface area (Å²) in [7, 11) is 0. The fourth-order valence-electron chi connectivity index (χ4n) is 3.95. The molecule has 24 heavy (non-hydrogen) atoms. The molecule has 1 aromatic rings. The lowest BCUT2D eigenvalue weighted by Gasteiger charge is -2.45. The predicted octanol–water partition coefficient (Wildman–Crippen LogP) is 4.55. The zero-order valence-electron chi connectivity index (χ0n) is 14.2. The van der Waals surface area contributed by atoms with Crippen molar-refractivity contribution in [3.63, 3.8) is 0 Å². The van der Waals surface area contributed by atoms with Crippen LogP contribution in [0.1, 0.15) is 51.2 Å². The summed E-state index contributed by atoms with van der Waals surface area (Å²) in [6.07, 6.45) is -2.39. The van der Waals surface area contributed by atoms with Gasteiger partial charge in [0.2, 0.25) is 0 Å². The van der Waals surface area contributed by atoms with Gasteiger partial charge in [0.25, 0.3) is 0 Å². The Morgan fingerprint density at radius 3 is 2.54 bits per heavy atom. The molecule has 1 aliphatic carbocycles. The minimum atomic E-state index is -4.38. The number of alkyl halides is 3. The van der Waals surface area contributed by atoms with Crippen molar-refractivity contribution in [3.8, 4) is 0 Å². The van der Waals surface area contributed by atoms with Crippen molar-refractivity contribution < 1.29 is 18.3 Å². The van der Waals surface area contributed by atoms with Gasteiger partial charge >= 0.3 is 6.18 Å². The van der Waals surface area contributed by atoms with Crippen molar-refractivity contribution in [2.24, 2.45) is 10.8 Å². The van der Waals surface area contributed by atoms with E-state index in [1.165, 1.54) is 6.07 Å². The molecule has 1 saturated carbocycles. The van der Waals surface area contributed by atoms with E-state index in [1.54, 1.807) is 6.07 Å². The van der Waals surface area contributed by atoms with Crippen LogP contribution in [0.5, 0.6) is 0 Å². The highest BCUT2D eigenvalue weighted by molar-refractivity contribution is 7.80. The van der Waals surface area contributed by atoms with Crippen LogP contribution in [-0.2, 0) is 6.18 Å². The smallest absolute Gasteiger partial charge is 0.393 e. The maximum Gasteiger partial charge on any atom is 0.416 e. The normalized spacial score (nSPS) is 26.9. The van der Waals surface area contributed by atoms with Crippen molar-refractivity contribution in [1.29, 1.82) is 0 Å². The second-order valence-corrected chi connectivity index (χ2v) is 8.38. The van der Waals surface area contributed by atoms with Crippen LogP contribution in [0.4, 0.5) is 13.2 Å². The van der Waals surface area contributed by atoms with E-state index in [9.17, 15) is 18.3 Å². The van der Waals surface area contributed by atoms with Crippen LogP contribution in [0, 0.1) is 10.8 Å². The summed E-state index contributed by atoms with van der Waals surface area (Å²) in [5.41, 5.74) is -0.456. The highest BCUT2D eigenvalue weighted by atomic mass is 32.1. The molecule has 134 valence electrons. The Bertz CT molecular complexity index is 615. The molecule has 0 amide bonds. The van der Waals surface area contributed by atoms with Gasteiger partial charge in [-0.15, -0.1) is 0 Å². The van der Waals surface area contributed by atoms with E-state index in [2.05, 4.69) is 26.1 Å². The molecule has 0 bridgehead atoms. The average Bonchev–Trinajstić information content (AvgIpc) is 2.41. The Labute approximate surface area is 146 Å². The van der Waals surface area contributed by atoms with E-state index in [1.807, 2.05) is 0 Å². The first kappa shape index (κ1) is 19.2. The van der Waals surface area contributed by atoms with Gasteiger partial charge in [0.05, 0.1) is 11.7 Å². The number of aliphatic hydroxyl groups is 1. The Kier molecular flexibility index (Phi) is 5.31. The van der Waals surface area contributed by atoms with E-state index in [4.69, 9.17) is 12.2 Å². The summed E-state index contributed by atoms with van der Waals surface area (Å²) in [4.78, 5) is 0.306. The van der Waals surface area contributed by atoms with Gasteiger partial charge in [0.1, 0.15) is 4.99 Å². The predicted molar refractivity (Wildman–Crippen MR) is 92.9 cm³/mol. The van der Waals surface area contributed by atoms with Gasteiger partial charge in [0, 0.05) is 12.1 Å². The van der Waals surface area contributed by atoms with E-state index in [0.717, 1.165) is 25.0 Å². The summed E-state index contributed by atoms with van der Waals surface area (Å²) in [6, 6.07) is 5.04. The number of aliphatic hydroxyl groups excluding tert-OH is 1. The number of halogens is 3. The van der Waals surface area contributed by atoms with E-state index < -0.39 is 11.7 Å². The molecule has 1 aliphatic rings. The molecule has 0 heterocycles. The van der Waals surface area contributed by atoms with Crippen LogP contribution in [0.2, 0.25) is 0 Å². The third kappa shape index (κ3) is 4.93. The van der Waals surface area contributed by atoms with Crippen molar-refractivity contribution in [1.82, 2.24) is 5.32 Å². The van der Waals surface area contributed by atoms with Gasteiger partial charge in [-0.05, 0) is 42.2 Å². The first-order valence-corrected chi connectivity index (χ1v) is 8.45. The topological polar surface area (TPSA) is 32.3 Å². The lowest BCUT2D eigenvalue weighted by Crippen LogP contribution is -2.45. The number of benzene rings is 1. The molecule has 0 unspecified atom stereocenters. The van der Waals surface area contributed by atoms with Crippen molar-refractivity contribution in [2.75, 3.05) is 6.54 Å². The maximum atomic E-state index is 12.8. The van der Waals surface area contributed by atoms with Crippen LogP contribution >= 0.6 is 12.2 Å². The van der Waals surface area contributed by atoms with Crippen molar-refractivity contribution in [2.45, 2.75) is 52.3 Å². The molecule has 0 spiro atoms. The Morgan fingerprint density at radius 2 is 1.96 bits per heavy atom. The second kappa shape index (κ2) is 6.64. The molecule has 2 atom stereocenters. The minimum Gasteiger partial charge on any atom is -0.393 e. The number of thiocarbonyl (C=S) groups is 1. The molecule has 6 heteroatoms. The van der Waals surface area contributed by atoms with E-state index in [-0.39, 0.29) is 16.9 Å². The monoisotopic (exact) mass is 359 g/mol. The molecule has 0 aliphatic heterocycles. The largest absolute Gasteiger partial charge is 0.416 e. The number of hydrogen-bond acceptors (Lipinski definition) is 2. The van der Waals surface area contributed by atoms with Crippen LogP contribution in [0.3, 0.4) is 0 Å². The van der Waals surface area contributed by atoms with Crippen LogP contribution < -0.4 is 5.32 Å². The fourth-order valence-corrected chi connectivity index (χ4v) is 4.14. The highest BCUT2D eigenvalue weighted by Crippen LogP contribution is 2.45. The second-order valence-electron chi connectivity index (χ2n) is 7.97. The molecule has 2 rings (SSSR count). The molecule has 2 nitrogen and oxygen atoms in total. The van der Waals surface area contributed by atoms with E-state index >= 15 is 0 Å². The Morgan fingerprint density at radius 1 is 1.29 bits per heavy atom. The minimum absolute atomic E-state index is 0.0336.